The molecule has 0 atom stereocenters. The number of piperazine rings is 1. The Morgan fingerprint density at radius 2 is 1.72 bits per heavy atom. The van der Waals surface area contributed by atoms with Gasteiger partial charge in [0.25, 0.3) is 0 Å². The van der Waals surface area contributed by atoms with Crippen molar-refractivity contribution in [2.45, 2.75) is 13.5 Å². The number of hydrogen-bond donors (Lipinski definition) is 1. The summed E-state index contributed by atoms with van der Waals surface area (Å²) in [7, 11) is 0. The molecule has 0 amide bonds. The van der Waals surface area contributed by atoms with Crippen LogP contribution in [0.15, 0.2) is 53.1 Å². The number of benzene rings is 2. The Labute approximate surface area is 204 Å². The van der Waals surface area contributed by atoms with Crippen LogP contribution in [0.3, 0.4) is 0 Å². The SMILES string of the molecule is CCn1cc(C(=O)O)c(=O)c2cc(F)c(N3CCN(C4=C(c5ccccc5F)C(=O)OC4)CC3)cc21. The van der Waals surface area contributed by atoms with Crippen molar-refractivity contribution in [2.24, 2.45) is 0 Å². The highest BCUT2D eigenvalue weighted by atomic mass is 19.1. The molecule has 0 spiro atoms. The molecule has 0 unspecified atom stereocenters. The van der Waals surface area contributed by atoms with Gasteiger partial charge in [-0.2, -0.15) is 0 Å². The molecule has 8 nitrogen and oxygen atoms in total. The van der Waals surface area contributed by atoms with Gasteiger partial charge in [0.15, 0.2) is 0 Å². The molecule has 0 bridgehead atoms. The summed E-state index contributed by atoms with van der Waals surface area (Å²) < 4.78 is 36.4. The van der Waals surface area contributed by atoms with Gasteiger partial charge in [0.1, 0.15) is 23.8 Å². The summed E-state index contributed by atoms with van der Waals surface area (Å²) in [5.74, 6) is -3.06. The second-order valence-corrected chi connectivity index (χ2v) is 8.64. The summed E-state index contributed by atoms with van der Waals surface area (Å²) in [5, 5.41) is 9.35. The van der Waals surface area contributed by atoms with Crippen LogP contribution in [0.4, 0.5) is 14.5 Å². The van der Waals surface area contributed by atoms with Gasteiger partial charge in [-0.3, -0.25) is 4.79 Å². The van der Waals surface area contributed by atoms with Crippen LogP contribution in [0.1, 0.15) is 22.8 Å². The molecular weight excluding hydrogens is 472 g/mol. The number of esters is 1. The third kappa shape index (κ3) is 3.88. The maximum atomic E-state index is 15.2. The van der Waals surface area contributed by atoms with Gasteiger partial charge in [0.2, 0.25) is 5.43 Å². The molecule has 36 heavy (non-hydrogen) atoms. The van der Waals surface area contributed by atoms with E-state index in [1.165, 1.54) is 12.3 Å². The van der Waals surface area contributed by atoms with Crippen molar-refractivity contribution in [3.8, 4) is 0 Å². The zero-order valence-electron chi connectivity index (χ0n) is 19.5. The number of carboxylic acid groups (broad SMARTS) is 1. The van der Waals surface area contributed by atoms with E-state index >= 15 is 4.39 Å². The van der Waals surface area contributed by atoms with Crippen molar-refractivity contribution >= 4 is 34.1 Å². The number of ether oxygens (including phenoxy) is 1. The molecule has 3 heterocycles. The Hall–Kier alpha value is -4.21. The number of pyridine rings is 1. The predicted molar refractivity (Wildman–Crippen MR) is 129 cm³/mol. The van der Waals surface area contributed by atoms with Crippen LogP contribution in [0.25, 0.3) is 16.5 Å². The number of aromatic carboxylic acids is 1. The van der Waals surface area contributed by atoms with Crippen molar-refractivity contribution in [3.05, 3.63) is 81.3 Å². The molecule has 2 aliphatic heterocycles. The van der Waals surface area contributed by atoms with E-state index in [-0.39, 0.29) is 23.1 Å². The summed E-state index contributed by atoms with van der Waals surface area (Å²) in [6.45, 7) is 3.96. The minimum atomic E-state index is -1.36. The van der Waals surface area contributed by atoms with Crippen molar-refractivity contribution in [2.75, 3.05) is 37.7 Å². The first-order chi connectivity index (χ1) is 17.3. The molecule has 1 N–H and O–H groups in total. The lowest BCUT2D eigenvalue weighted by Crippen LogP contribution is -2.46. The van der Waals surface area contributed by atoms with Gasteiger partial charge in [-0.05, 0) is 25.1 Å². The lowest BCUT2D eigenvalue weighted by Gasteiger charge is -2.38. The van der Waals surface area contributed by atoms with Gasteiger partial charge >= 0.3 is 11.9 Å². The molecule has 10 heteroatoms. The van der Waals surface area contributed by atoms with E-state index in [1.54, 1.807) is 28.8 Å². The van der Waals surface area contributed by atoms with Crippen LogP contribution in [0.2, 0.25) is 0 Å². The zero-order valence-corrected chi connectivity index (χ0v) is 19.5. The first-order valence-corrected chi connectivity index (χ1v) is 11.5. The Morgan fingerprint density at radius 3 is 2.39 bits per heavy atom. The van der Waals surface area contributed by atoms with Crippen LogP contribution >= 0.6 is 0 Å². The van der Waals surface area contributed by atoms with E-state index in [4.69, 9.17) is 4.74 Å². The molecule has 0 aliphatic carbocycles. The maximum Gasteiger partial charge on any atom is 0.341 e. The van der Waals surface area contributed by atoms with Crippen molar-refractivity contribution in [3.63, 3.8) is 0 Å². The van der Waals surface area contributed by atoms with Gasteiger partial charge in [0.05, 0.1) is 22.5 Å². The highest BCUT2D eigenvalue weighted by Crippen LogP contribution is 2.32. The summed E-state index contributed by atoms with van der Waals surface area (Å²) in [6, 6.07) is 8.72. The highest BCUT2D eigenvalue weighted by molar-refractivity contribution is 6.19. The van der Waals surface area contributed by atoms with E-state index < -0.39 is 34.6 Å². The van der Waals surface area contributed by atoms with E-state index in [9.17, 15) is 23.9 Å². The lowest BCUT2D eigenvalue weighted by molar-refractivity contribution is -0.134. The summed E-state index contributed by atoms with van der Waals surface area (Å²) in [5.41, 5.74) is 0.619. The number of carboxylic acids is 1. The van der Waals surface area contributed by atoms with Gasteiger partial charge in [0, 0.05) is 49.9 Å². The van der Waals surface area contributed by atoms with Gasteiger partial charge in [-0.25, -0.2) is 18.4 Å². The number of cyclic esters (lactones) is 1. The minimum absolute atomic E-state index is 0.0120. The van der Waals surface area contributed by atoms with Gasteiger partial charge in [-0.15, -0.1) is 0 Å². The van der Waals surface area contributed by atoms with E-state index in [2.05, 4.69) is 0 Å². The molecule has 3 aromatic rings. The fraction of sp³-hybridized carbons (Fsp3) is 0.269. The fourth-order valence-electron chi connectivity index (χ4n) is 4.85. The largest absolute Gasteiger partial charge is 0.477 e. The molecule has 1 aromatic heterocycles. The molecule has 186 valence electrons. The first-order valence-electron chi connectivity index (χ1n) is 11.5. The molecule has 2 aliphatic rings. The van der Waals surface area contributed by atoms with Crippen LogP contribution in [0.5, 0.6) is 0 Å². The second kappa shape index (κ2) is 9.10. The molecular formula is C26H23F2N3O5. The number of rotatable bonds is 5. The van der Waals surface area contributed by atoms with Crippen molar-refractivity contribution < 1.29 is 28.2 Å². The standard InChI is InChI=1S/C26H23F2N3O5/c1-2-29-13-17(25(33)34)24(32)16-11-19(28)21(12-20(16)29)30-7-9-31(10-8-30)22-14-36-26(35)23(22)15-5-3-4-6-18(15)27/h3-6,11-13H,2,7-10,14H2,1H3,(H,33,34). The molecule has 5 rings (SSSR count). The Balaban J connectivity index is 1.45. The third-order valence-electron chi connectivity index (χ3n) is 6.70. The average molecular weight is 495 g/mol. The Morgan fingerprint density at radius 1 is 1.03 bits per heavy atom. The van der Waals surface area contributed by atoms with Crippen LogP contribution in [0, 0.1) is 11.6 Å². The number of carbonyl (C=O) groups excluding carboxylic acids is 1. The summed E-state index contributed by atoms with van der Waals surface area (Å²) in [6.07, 6.45) is 1.28. The quantitative estimate of drug-likeness (QED) is 0.544. The van der Waals surface area contributed by atoms with Crippen LogP contribution < -0.4 is 10.3 Å². The number of aromatic nitrogens is 1. The lowest BCUT2D eigenvalue weighted by atomic mass is 10.0. The van der Waals surface area contributed by atoms with E-state index in [1.807, 2.05) is 16.7 Å². The Bertz CT molecular complexity index is 1490. The minimum Gasteiger partial charge on any atom is -0.477 e. The number of nitrogens with zero attached hydrogens (tertiary/aromatic N) is 3. The fourth-order valence-corrected chi connectivity index (χ4v) is 4.85. The van der Waals surface area contributed by atoms with Crippen molar-refractivity contribution in [1.82, 2.24) is 9.47 Å². The summed E-state index contributed by atoms with van der Waals surface area (Å²) >= 11 is 0. The van der Waals surface area contributed by atoms with Crippen LogP contribution in [-0.4, -0.2) is 59.3 Å². The van der Waals surface area contributed by atoms with Crippen LogP contribution in [-0.2, 0) is 16.1 Å². The first kappa shape index (κ1) is 23.5. The third-order valence-corrected chi connectivity index (χ3v) is 6.70. The van der Waals surface area contributed by atoms with E-state index in [0.29, 0.717) is 49.6 Å². The number of halogens is 2. The molecule has 2 aromatic carbocycles. The monoisotopic (exact) mass is 495 g/mol. The average Bonchev–Trinajstić information content (AvgIpc) is 3.25. The Kier molecular flexibility index (Phi) is 5.95. The van der Waals surface area contributed by atoms with Gasteiger partial charge < -0.3 is 24.2 Å². The number of carbonyl (C=O) groups is 2. The maximum absolute atomic E-state index is 15.2. The smallest absolute Gasteiger partial charge is 0.341 e. The number of anilines is 1. The molecule has 1 saturated heterocycles. The predicted octanol–water partition coefficient (Wildman–Crippen LogP) is 3.09. The van der Waals surface area contributed by atoms with E-state index in [0.717, 1.165) is 6.07 Å². The number of fused-ring (bicyclic) bond motifs is 1. The molecule has 0 saturated carbocycles. The topological polar surface area (TPSA) is 92.1 Å². The summed E-state index contributed by atoms with van der Waals surface area (Å²) in [4.78, 5) is 40.2. The number of hydrogen-bond acceptors (Lipinski definition) is 6. The second-order valence-electron chi connectivity index (χ2n) is 8.64. The highest BCUT2D eigenvalue weighted by Gasteiger charge is 2.33. The number of aryl methyl sites for hydroxylation is 1. The molecule has 1 fully saturated rings. The molecule has 0 radical (unpaired) electrons. The van der Waals surface area contributed by atoms with Gasteiger partial charge in [-0.1, -0.05) is 18.2 Å². The normalized spacial score (nSPS) is 16.1. The zero-order chi connectivity index (χ0) is 25.6. The van der Waals surface area contributed by atoms with Crippen molar-refractivity contribution in [1.29, 1.82) is 0 Å².